The molecule has 0 spiro atoms. The molecule has 0 amide bonds. The van der Waals surface area contributed by atoms with Crippen molar-refractivity contribution < 1.29 is 13.5 Å². The van der Waals surface area contributed by atoms with E-state index in [2.05, 4.69) is 20.1 Å². The predicted molar refractivity (Wildman–Crippen MR) is 140 cm³/mol. The molecule has 2 aliphatic rings. The van der Waals surface area contributed by atoms with E-state index in [9.17, 15) is 13.5 Å². The fraction of sp³-hybridized carbons (Fsp3) is 0.409. The van der Waals surface area contributed by atoms with Crippen LogP contribution in [0.15, 0.2) is 53.5 Å². The number of phenols is 1. The minimum atomic E-state index is -3.40. The predicted octanol–water partition coefficient (Wildman–Crippen LogP) is 2.10. The third kappa shape index (κ3) is 5.22. The lowest BCUT2D eigenvalue weighted by Gasteiger charge is -2.37. The highest BCUT2D eigenvalue weighted by Gasteiger charge is 2.29. The molecule has 174 valence electrons. The Morgan fingerprint density at radius 3 is 2.34 bits per heavy atom. The van der Waals surface area contributed by atoms with E-state index in [1.165, 1.54) is 4.31 Å². The molecule has 1 saturated heterocycles. The van der Waals surface area contributed by atoms with Gasteiger partial charge in [-0.15, -0.1) is 24.0 Å². The number of guanidine groups is 1. The van der Waals surface area contributed by atoms with Gasteiger partial charge >= 0.3 is 0 Å². The zero-order chi connectivity index (χ0) is 21.8. The zero-order valence-corrected chi connectivity index (χ0v) is 21.3. The molecule has 2 heterocycles. The Kier molecular flexibility index (Phi) is 8.10. The van der Waals surface area contributed by atoms with Gasteiger partial charge in [-0.05, 0) is 30.2 Å². The van der Waals surface area contributed by atoms with Crippen LogP contribution in [0.1, 0.15) is 5.56 Å². The van der Waals surface area contributed by atoms with Gasteiger partial charge in [0.05, 0.1) is 17.1 Å². The number of nitrogens with one attached hydrogen (secondary N) is 1. The molecule has 4 rings (SSSR count). The summed E-state index contributed by atoms with van der Waals surface area (Å²) in [6, 6.07) is 15.0. The molecule has 2 N–H and O–H groups in total. The minimum absolute atomic E-state index is 0. The summed E-state index contributed by atoms with van der Waals surface area (Å²) in [4.78, 5) is 8.60. The summed E-state index contributed by atoms with van der Waals surface area (Å²) in [5.41, 5.74) is 2.71. The first-order valence-electron chi connectivity index (χ1n) is 10.6. The smallest absolute Gasteiger partial charge is 0.236 e. The first-order chi connectivity index (χ1) is 15.0. The molecule has 0 aliphatic carbocycles. The lowest BCUT2D eigenvalue weighted by atomic mass is 10.2. The fourth-order valence-corrected chi connectivity index (χ4v) is 5.65. The number of rotatable bonds is 5. The SMILES string of the molecule is CN=C(NCCS(=O)(=O)N1CCc2ccccc21)N1CCN(c2ccccc2O)CC1.I. The van der Waals surface area contributed by atoms with Gasteiger partial charge in [-0.3, -0.25) is 9.30 Å². The molecular weight excluding hydrogens is 541 g/mol. The van der Waals surface area contributed by atoms with Crippen LogP contribution in [0.3, 0.4) is 0 Å². The molecule has 10 heteroatoms. The summed E-state index contributed by atoms with van der Waals surface area (Å²) in [6.45, 7) is 3.78. The number of sulfonamides is 1. The second-order valence-corrected chi connectivity index (χ2v) is 9.72. The standard InChI is InChI=1S/C22H29N5O3S.HI/c1-23-22(26-15-13-25(14-16-26)20-8-4-5-9-21(20)28)24-11-17-31(29,30)27-12-10-18-6-2-3-7-19(18)27;/h2-9,28H,10-17H2,1H3,(H,23,24);1H. The van der Waals surface area contributed by atoms with Gasteiger partial charge in [0.15, 0.2) is 5.96 Å². The number of hydrogen-bond acceptors (Lipinski definition) is 5. The van der Waals surface area contributed by atoms with Crippen LogP contribution in [-0.4, -0.2) is 76.5 Å². The maximum Gasteiger partial charge on any atom is 0.236 e. The first-order valence-corrected chi connectivity index (χ1v) is 12.2. The highest BCUT2D eigenvalue weighted by Crippen LogP contribution is 2.30. The summed E-state index contributed by atoms with van der Waals surface area (Å²) in [6.07, 6.45) is 0.756. The number of aliphatic imine (C=N–C) groups is 1. The van der Waals surface area contributed by atoms with E-state index in [1.54, 1.807) is 13.1 Å². The van der Waals surface area contributed by atoms with Gasteiger partial charge in [0.25, 0.3) is 0 Å². The van der Waals surface area contributed by atoms with E-state index >= 15 is 0 Å². The Bertz CT molecular complexity index is 1060. The Hall–Kier alpha value is -2.21. The number of nitrogens with zero attached hydrogens (tertiary/aromatic N) is 4. The lowest BCUT2D eigenvalue weighted by Crippen LogP contribution is -2.53. The molecule has 0 saturated carbocycles. The normalized spacial score (nSPS) is 16.5. The van der Waals surface area contributed by atoms with Crippen LogP contribution in [0, 0.1) is 0 Å². The highest BCUT2D eigenvalue weighted by molar-refractivity contribution is 14.0. The van der Waals surface area contributed by atoms with Crippen LogP contribution < -0.4 is 14.5 Å². The Balaban J connectivity index is 0.00000289. The molecule has 0 aromatic heterocycles. The van der Waals surface area contributed by atoms with Crippen molar-refractivity contribution in [2.75, 3.05) is 61.3 Å². The number of phenolic OH excluding ortho intramolecular Hbond substituents is 1. The van der Waals surface area contributed by atoms with Crippen molar-refractivity contribution >= 4 is 51.3 Å². The molecular formula is C22H30IN5O3S. The number of halogens is 1. The summed E-state index contributed by atoms with van der Waals surface area (Å²) >= 11 is 0. The van der Waals surface area contributed by atoms with Crippen molar-refractivity contribution in [3.8, 4) is 5.75 Å². The largest absolute Gasteiger partial charge is 0.506 e. The fourth-order valence-electron chi connectivity index (χ4n) is 4.22. The van der Waals surface area contributed by atoms with Gasteiger partial charge in [-0.25, -0.2) is 8.42 Å². The number of fused-ring (bicyclic) bond motifs is 1. The summed E-state index contributed by atoms with van der Waals surface area (Å²) in [5, 5.41) is 13.3. The van der Waals surface area contributed by atoms with Crippen LogP contribution in [0.2, 0.25) is 0 Å². The van der Waals surface area contributed by atoms with E-state index in [0.717, 1.165) is 49.5 Å². The number of piperazine rings is 1. The van der Waals surface area contributed by atoms with E-state index in [0.29, 0.717) is 19.0 Å². The maximum atomic E-state index is 12.9. The van der Waals surface area contributed by atoms with Gasteiger partial charge in [-0.1, -0.05) is 30.3 Å². The van der Waals surface area contributed by atoms with Crippen LogP contribution >= 0.6 is 24.0 Å². The van der Waals surface area contributed by atoms with Gasteiger partial charge in [0.2, 0.25) is 10.0 Å². The molecule has 1 fully saturated rings. The average Bonchev–Trinajstić information content (AvgIpc) is 3.23. The maximum absolute atomic E-state index is 12.9. The number of aromatic hydroxyl groups is 1. The quantitative estimate of drug-likeness (QED) is 0.325. The van der Waals surface area contributed by atoms with Gasteiger partial charge in [-0.2, -0.15) is 0 Å². The van der Waals surface area contributed by atoms with Crippen LogP contribution in [0.5, 0.6) is 5.75 Å². The Morgan fingerprint density at radius 1 is 1.00 bits per heavy atom. The Morgan fingerprint density at radius 2 is 1.66 bits per heavy atom. The topological polar surface area (TPSA) is 88.5 Å². The summed E-state index contributed by atoms with van der Waals surface area (Å²) < 4.78 is 27.3. The number of hydrogen-bond donors (Lipinski definition) is 2. The minimum Gasteiger partial charge on any atom is -0.506 e. The number of anilines is 2. The average molecular weight is 571 g/mol. The van der Waals surface area contributed by atoms with Crippen molar-refractivity contribution in [2.24, 2.45) is 4.99 Å². The molecule has 2 aromatic carbocycles. The van der Waals surface area contributed by atoms with Crippen molar-refractivity contribution in [2.45, 2.75) is 6.42 Å². The second-order valence-electron chi connectivity index (χ2n) is 7.70. The molecule has 2 aliphatic heterocycles. The van der Waals surface area contributed by atoms with Crippen molar-refractivity contribution in [1.29, 1.82) is 0 Å². The van der Waals surface area contributed by atoms with Gasteiger partial charge in [0, 0.05) is 46.3 Å². The van der Waals surface area contributed by atoms with E-state index < -0.39 is 10.0 Å². The third-order valence-corrected chi connectivity index (χ3v) is 7.61. The van der Waals surface area contributed by atoms with Crippen molar-refractivity contribution in [3.63, 3.8) is 0 Å². The van der Waals surface area contributed by atoms with Crippen LogP contribution in [-0.2, 0) is 16.4 Å². The Labute approximate surface area is 207 Å². The number of para-hydroxylation sites is 3. The first kappa shape index (κ1) is 24.4. The van der Waals surface area contributed by atoms with Gasteiger partial charge in [0.1, 0.15) is 5.75 Å². The molecule has 32 heavy (non-hydrogen) atoms. The molecule has 0 radical (unpaired) electrons. The highest BCUT2D eigenvalue weighted by atomic mass is 127. The zero-order valence-electron chi connectivity index (χ0n) is 18.1. The van der Waals surface area contributed by atoms with E-state index in [1.807, 2.05) is 42.5 Å². The summed E-state index contributed by atoms with van der Waals surface area (Å²) in [5.74, 6) is 0.999. The van der Waals surface area contributed by atoms with Crippen molar-refractivity contribution in [3.05, 3.63) is 54.1 Å². The second kappa shape index (κ2) is 10.6. The molecule has 0 unspecified atom stereocenters. The summed E-state index contributed by atoms with van der Waals surface area (Å²) in [7, 11) is -1.69. The molecule has 0 bridgehead atoms. The monoisotopic (exact) mass is 571 g/mol. The third-order valence-electron chi connectivity index (χ3n) is 5.84. The molecule has 0 atom stereocenters. The van der Waals surface area contributed by atoms with E-state index in [-0.39, 0.29) is 35.5 Å². The van der Waals surface area contributed by atoms with Crippen molar-refractivity contribution in [1.82, 2.24) is 10.2 Å². The number of benzene rings is 2. The molecule has 2 aromatic rings. The van der Waals surface area contributed by atoms with E-state index in [4.69, 9.17) is 0 Å². The molecule has 8 nitrogen and oxygen atoms in total. The van der Waals surface area contributed by atoms with Crippen LogP contribution in [0.25, 0.3) is 0 Å². The lowest BCUT2D eigenvalue weighted by molar-refractivity contribution is 0.371. The van der Waals surface area contributed by atoms with Gasteiger partial charge < -0.3 is 20.2 Å². The van der Waals surface area contributed by atoms with Crippen LogP contribution in [0.4, 0.5) is 11.4 Å².